The average molecular weight is 277 g/mol. The molecule has 0 atom stereocenters. The Bertz CT molecular complexity index is 702. The van der Waals surface area contributed by atoms with E-state index in [-0.39, 0.29) is 0 Å². The van der Waals surface area contributed by atoms with E-state index >= 15 is 0 Å². The minimum atomic E-state index is 0.824. The van der Waals surface area contributed by atoms with Crippen LogP contribution in [0.2, 0.25) is 0 Å². The van der Waals surface area contributed by atoms with E-state index in [4.69, 9.17) is 0 Å². The fourth-order valence-electron chi connectivity index (χ4n) is 2.44. The van der Waals surface area contributed by atoms with Crippen molar-refractivity contribution in [3.05, 3.63) is 83.7 Å². The lowest BCUT2D eigenvalue weighted by atomic mass is 10.1. The van der Waals surface area contributed by atoms with Gasteiger partial charge in [0.1, 0.15) is 0 Å². The molecule has 106 valence electrons. The molecule has 1 aromatic heterocycles. The van der Waals surface area contributed by atoms with Crippen molar-refractivity contribution in [3.63, 3.8) is 0 Å². The highest BCUT2D eigenvalue weighted by molar-refractivity contribution is 5.40. The fraction of sp³-hybridized carbons (Fsp3) is 0.167. The van der Waals surface area contributed by atoms with E-state index < -0.39 is 0 Å². The first kappa shape index (κ1) is 13.6. The number of nitrogens with zero attached hydrogens (tertiary/aromatic N) is 2. The fourth-order valence-corrected chi connectivity index (χ4v) is 2.44. The first-order chi connectivity index (χ1) is 10.3. The standard InChI is InChI=1S/C18H19N3/c1-15-7-2-3-8-16(15)13-19-14-17-9-4-5-10-18(17)21-12-6-11-20-21/h2-12,19H,13-14H2,1H3. The van der Waals surface area contributed by atoms with Crippen LogP contribution >= 0.6 is 0 Å². The molecule has 3 heteroatoms. The quantitative estimate of drug-likeness (QED) is 0.774. The number of rotatable bonds is 5. The van der Waals surface area contributed by atoms with Gasteiger partial charge >= 0.3 is 0 Å². The molecule has 0 radical (unpaired) electrons. The molecule has 0 saturated heterocycles. The monoisotopic (exact) mass is 277 g/mol. The normalized spacial score (nSPS) is 10.7. The molecule has 0 bridgehead atoms. The van der Waals surface area contributed by atoms with Gasteiger partial charge < -0.3 is 5.32 Å². The summed E-state index contributed by atoms with van der Waals surface area (Å²) in [7, 11) is 0. The maximum atomic E-state index is 4.32. The molecular formula is C18H19N3. The Balaban J connectivity index is 1.70. The summed E-state index contributed by atoms with van der Waals surface area (Å²) in [6, 6.07) is 18.8. The highest BCUT2D eigenvalue weighted by Crippen LogP contribution is 2.14. The largest absolute Gasteiger partial charge is 0.309 e. The van der Waals surface area contributed by atoms with E-state index in [1.807, 2.05) is 23.0 Å². The maximum absolute atomic E-state index is 4.32. The lowest BCUT2D eigenvalue weighted by molar-refractivity contribution is 0.684. The summed E-state index contributed by atoms with van der Waals surface area (Å²) in [4.78, 5) is 0. The third-order valence-corrected chi connectivity index (χ3v) is 3.63. The third-order valence-electron chi connectivity index (χ3n) is 3.63. The number of hydrogen-bond acceptors (Lipinski definition) is 2. The SMILES string of the molecule is Cc1ccccc1CNCc1ccccc1-n1cccn1. The molecule has 0 spiro atoms. The molecule has 0 unspecified atom stereocenters. The van der Waals surface area contributed by atoms with Crippen molar-refractivity contribution in [2.24, 2.45) is 0 Å². The van der Waals surface area contributed by atoms with Crippen LogP contribution in [-0.2, 0) is 13.1 Å². The predicted octanol–water partition coefficient (Wildman–Crippen LogP) is 3.47. The van der Waals surface area contributed by atoms with Gasteiger partial charge in [0.15, 0.2) is 0 Å². The molecule has 0 aliphatic rings. The van der Waals surface area contributed by atoms with Crippen molar-refractivity contribution in [3.8, 4) is 5.69 Å². The summed E-state index contributed by atoms with van der Waals surface area (Å²) < 4.78 is 1.91. The number of para-hydroxylation sites is 1. The van der Waals surface area contributed by atoms with Gasteiger partial charge in [-0.2, -0.15) is 5.10 Å². The Morgan fingerprint density at radius 3 is 2.38 bits per heavy atom. The molecule has 0 aliphatic carbocycles. The average Bonchev–Trinajstić information content (AvgIpc) is 3.04. The minimum Gasteiger partial charge on any atom is -0.309 e. The Kier molecular flexibility index (Phi) is 4.12. The Labute approximate surface area is 125 Å². The van der Waals surface area contributed by atoms with Crippen molar-refractivity contribution in [2.75, 3.05) is 0 Å². The molecule has 0 aliphatic heterocycles. The van der Waals surface area contributed by atoms with Crippen LogP contribution in [0.5, 0.6) is 0 Å². The topological polar surface area (TPSA) is 29.9 Å². The van der Waals surface area contributed by atoms with Crippen molar-refractivity contribution < 1.29 is 0 Å². The second-order valence-corrected chi connectivity index (χ2v) is 5.11. The summed E-state index contributed by atoms with van der Waals surface area (Å²) >= 11 is 0. The third kappa shape index (κ3) is 3.20. The first-order valence-corrected chi connectivity index (χ1v) is 7.18. The summed E-state index contributed by atoms with van der Waals surface area (Å²) in [5.74, 6) is 0. The van der Waals surface area contributed by atoms with Crippen LogP contribution in [0.1, 0.15) is 16.7 Å². The minimum absolute atomic E-state index is 0.824. The molecule has 0 saturated carbocycles. The van der Waals surface area contributed by atoms with Gasteiger partial charge in [-0.25, -0.2) is 4.68 Å². The van der Waals surface area contributed by atoms with Crippen LogP contribution in [0.15, 0.2) is 67.0 Å². The van der Waals surface area contributed by atoms with Crippen molar-refractivity contribution in [1.29, 1.82) is 0 Å². The van der Waals surface area contributed by atoms with Gasteiger partial charge in [0.2, 0.25) is 0 Å². The molecular weight excluding hydrogens is 258 g/mol. The Morgan fingerprint density at radius 2 is 1.62 bits per heavy atom. The molecule has 0 fully saturated rings. The summed E-state index contributed by atoms with van der Waals surface area (Å²) in [5, 5.41) is 7.84. The number of benzene rings is 2. The number of hydrogen-bond donors (Lipinski definition) is 1. The summed E-state index contributed by atoms with van der Waals surface area (Å²) in [5.41, 5.74) is 5.04. The van der Waals surface area contributed by atoms with E-state index in [1.165, 1.54) is 16.7 Å². The van der Waals surface area contributed by atoms with Crippen LogP contribution in [-0.4, -0.2) is 9.78 Å². The van der Waals surface area contributed by atoms with Crippen LogP contribution in [0.25, 0.3) is 5.69 Å². The zero-order valence-electron chi connectivity index (χ0n) is 12.2. The first-order valence-electron chi connectivity index (χ1n) is 7.18. The van der Waals surface area contributed by atoms with Crippen LogP contribution in [0.3, 0.4) is 0 Å². The van der Waals surface area contributed by atoms with E-state index in [0.29, 0.717) is 0 Å². The van der Waals surface area contributed by atoms with Crippen LogP contribution in [0, 0.1) is 6.92 Å². The molecule has 0 amide bonds. The second-order valence-electron chi connectivity index (χ2n) is 5.11. The predicted molar refractivity (Wildman–Crippen MR) is 85.3 cm³/mol. The van der Waals surface area contributed by atoms with Gasteiger partial charge in [0.05, 0.1) is 5.69 Å². The van der Waals surface area contributed by atoms with Crippen molar-refractivity contribution in [2.45, 2.75) is 20.0 Å². The lowest BCUT2D eigenvalue weighted by Gasteiger charge is -2.11. The summed E-state index contributed by atoms with van der Waals surface area (Å²) in [6.45, 7) is 3.85. The smallest absolute Gasteiger partial charge is 0.0690 e. The Hall–Kier alpha value is -2.39. The van der Waals surface area contributed by atoms with E-state index in [9.17, 15) is 0 Å². The molecule has 1 heterocycles. The zero-order chi connectivity index (χ0) is 14.5. The van der Waals surface area contributed by atoms with E-state index in [1.54, 1.807) is 6.20 Å². The Morgan fingerprint density at radius 1 is 0.905 bits per heavy atom. The molecule has 2 aromatic carbocycles. The van der Waals surface area contributed by atoms with Gasteiger partial charge in [-0.1, -0.05) is 42.5 Å². The molecule has 3 aromatic rings. The maximum Gasteiger partial charge on any atom is 0.0690 e. The van der Waals surface area contributed by atoms with Gasteiger partial charge in [-0.05, 0) is 35.7 Å². The van der Waals surface area contributed by atoms with Gasteiger partial charge in [-0.3, -0.25) is 0 Å². The number of nitrogens with one attached hydrogen (secondary N) is 1. The van der Waals surface area contributed by atoms with Crippen molar-refractivity contribution >= 4 is 0 Å². The molecule has 1 N–H and O–H groups in total. The highest BCUT2D eigenvalue weighted by atomic mass is 15.3. The molecule has 3 rings (SSSR count). The van der Waals surface area contributed by atoms with Gasteiger partial charge in [-0.15, -0.1) is 0 Å². The van der Waals surface area contributed by atoms with E-state index in [0.717, 1.165) is 18.8 Å². The second kappa shape index (κ2) is 6.37. The van der Waals surface area contributed by atoms with Crippen molar-refractivity contribution in [1.82, 2.24) is 15.1 Å². The van der Waals surface area contributed by atoms with Gasteiger partial charge in [0.25, 0.3) is 0 Å². The van der Waals surface area contributed by atoms with E-state index in [2.05, 4.69) is 59.8 Å². The number of aryl methyl sites for hydroxylation is 1. The molecule has 3 nitrogen and oxygen atoms in total. The molecule has 21 heavy (non-hydrogen) atoms. The van der Waals surface area contributed by atoms with Crippen LogP contribution < -0.4 is 5.32 Å². The highest BCUT2D eigenvalue weighted by Gasteiger charge is 2.04. The van der Waals surface area contributed by atoms with Gasteiger partial charge in [0, 0.05) is 25.5 Å². The van der Waals surface area contributed by atoms with Crippen LogP contribution in [0.4, 0.5) is 0 Å². The zero-order valence-corrected chi connectivity index (χ0v) is 12.2. The lowest BCUT2D eigenvalue weighted by Crippen LogP contribution is -2.15. The summed E-state index contributed by atoms with van der Waals surface area (Å²) in [6.07, 6.45) is 3.78. The number of aromatic nitrogens is 2.